The molecule has 1 unspecified atom stereocenters. The minimum atomic E-state index is -3.12. The number of aromatic nitrogens is 1. The van der Waals surface area contributed by atoms with Crippen LogP contribution < -0.4 is 0 Å². The van der Waals surface area contributed by atoms with Crippen molar-refractivity contribution in [3.8, 4) is 22.5 Å². The van der Waals surface area contributed by atoms with E-state index < -0.39 is 15.1 Å². The molecule has 0 spiro atoms. The highest BCUT2D eigenvalue weighted by atomic mass is 32.2. The lowest BCUT2D eigenvalue weighted by Crippen LogP contribution is -2.18. The van der Waals surface area contributed by atoms with Crippen LogP contribution >= 0.6 is 0 Å². The maximum atomic E-state index is 12.0. The predicted molar refractivity (Wildman–Crippen MR) is 130 cm³/mol. The summed E-state index contributed by atoms with van der Waals surface area (Å²) in [6, 6.07) is 26.2. The van der Waals surface area contributed by atoms with Gasteiger partial charge in [0.1, 0.15) is 21.2 Å². The molecule has 4 nitrogen and oxygen atoms in total. The van der Waals surface area contributed by atoms with Gasteiger partial charge in [-0.3, -0.25) is 4.98 Å². The molecule has 0 saturated heterocycles. The summed E-state index contributed by atoms with van der Waals surface area (Å²) in [5.74, 6) is 0.812. The van der Waals surface area contributed by atoms with Gasteiger partial charge < -0.3 is 4.42 Å². The van der Waals surface area contributed by atoms with Crippen LogP contribution in [0.25, 0.3) is 44.3 Å². The van der Waals surface area contributed by atoms with Gasteiger partial charge in [-0.25, -0.2) is 8.42 Å². The zero-order valence-electron chi connectivity index (χ0n) is 17.9. The Labute approximate surface area is 187 Å². The number of hydrogen-bond acceptors (Lipinski definition) is 4. The van der Waals surface area contributed by atoms with Crippen molar-refractivity contribution >= 4 is 31.7 Å². The summed E-state index contributed by atoms with van der Waals surface area (Å²) in [7, 11) is -3.12. The first-order valence-corrected chi connectivity index (χ1v) is 12.5. The molecule has 2 heterocycles. The van der Waals surface area contributed by atoms with Crippen LogP contribution in [0.15, 0.2) is 89.5 Å². The largest absolute Gasteiger partial charge is 0.456 e. The molecule has 0 saturated carbocycles. The Bertz CT molecular complexity index is 1520. The number of para-hydroxylation sites is 1. The molecule has 3 aromatic carbocycles. The first-order chi connectivity index (χ1) is 15.4. The molecule has 0 amide bonds. The second kappa shape index (κ2) is 7.92. The van der Waals surface area contributed by atoms with E-state index in [1.54, 1.807) is 13.1 Å². The van der Waals surface area contributed by atoms with Crippen LogP contribution in [0.5, 0.6) is 0 Å². The van der Waals surface area contributed by atoms with E-state index in [9.17, 15) is 8.42 Å². The Morgan fingerprint density at radius 2 is 1.66 bits per heavy atom. The van der Waals surface area contributed by atoms with Gasteiger partial charge in [0.15, 0.2) is 0 Å². The maximum Gasteiger partial charge on any atom is 0.150 e. The third-order valence-corrected chi connectivity index (χ3v) is 7.53. The predicted octanol–water partition coefficient (Wildman–Crippen LogP) is 6.29. The van der Waals surface area contributed by atoms with E-state index in [0.717, 1.165) is 49.9 Å². The molecule has 0 radical (unpaired) electrons. The minimum Gasteiger partial charge on any atom is -0.456 e. The molecule has 0 fully saturated rings. The summed E-state index contributed by atoms with van der Waals surface area (Å²) in [4.78, 5) is 4.62. The van der Waals surface area contributed by atoms with Gasteiger partial charge in [0, 0.05) is 34.4 Å². The summed E-state index contributed by atoms with van der Waals surface area (Å²) >= 11 is 0. The molecule has 0 N–H and O–H groups in total. The number of pyridine rings is 1. The highest BCUT2D eigenvalue weighted by Crippen LogP contribution is 2.34. The van der Waals surface area contributed by atoms with E-state index in [1.807, 2.05) is 54.6 Å². The van der Waals surface area contributed by atoms with Crippen LogP contribution in [-0.2, 0) is 16.3 Å². The molecule has 32 heavy (non-hydrogen) atoms. The molecule has 0 aliphatic heterocycles. The summed E-state index contributed by atoms with van der Waals surface area (Å²) in [6.45, 7) is 1.75. The fourth-order valence-electron chi connectivity index (χ4n) is 4.04. The lowest BCUT2D eigenvalue weighted by atomic mass is 9.95. The smallest absolute Gasteiger partial charge is 0.150 e. The summed E-state index contributed by atoms with van der Waals surface area (Å²) in [6.07, 6.45) is 3.53. The third-order valence-electron chi connectivity index (χ3n) is 5.90. The first-order valence-electron chi connectivity index (χ1n) is 10.5. The Hall–Kier alpha value is -3.44. The molecule has 0 aliphatic carbocycles. The van der Waals surface area contributed by atoms with Crippen LogP contribution in [-0.4, -0.2) is 24.9 Å². The van der Waals surface area contributed by atoms with Crippen molar-refractivity contribution in [1.29, 1.82) is 0 Å². The first kappa shape index (κ1) is 20.5. The van der Waals surface area contributed by atoms with Gasteiger partial charge in [0.2, 0.25) is 0 Å². The van der Waals surface area contributed by atoms with Crippen LogP contribution in [0, 0.1) is 0 Å². The van der Waals surface area contributed by atoms with Gasteiger partial charge >= 0.3 is 0 Å². The van der Waals surface area contributed by atoms with Gasteiger partial charge in [0.05, 0.1) is 10.8 Å². The lowest BCUT2D eigenvalue weighted by Gasteiger charge is -2.13. The fourth-order valence-corrected chi connectivity index (χ4v) is 4.53. The minimum absolute atomic E-state index is 0.452. The van der Waals surface area contributed by atoms with Crippen LogP contribution in [0.2, 0.25) is 0 Å². The Morgan fingerprint density at radius 3 is 2.47 bits per heavy atom. The molecule has 160 valence electrons. The number of hydrogen-bond donors (Lipinski definition) is 0. The maximum absolute atomic E-state index is 12.0. The van der Waals surface area contributed by atoms with E-state index in [1.165, 1.54) is 6.26 Å². The number of furan rings is 1. The zero-order chi connectivity index (χ0) is 22.3. The SMILES string of the molecule is CC(Cc1cc(-c2cccc(-c3cc4ccccc4o3)c2)c2ncccc2c1)S(C)(=O)=O. The molecule has 0 bridgehead atoms. The van der Waals surface area contributed by atoms with Crippen LogP contribution in [0.4, 0.5) is 0 Å². The van der Waals surface area contributed by atoms with Gasteiger partial charge in [-0.2, -0.15) is 0 Å². The average molecular weight is 442 g/mol. The number of fused-ring (bicyclic) bond motifs is 2. The van der Waals surface area contributed by atoms with E-state index in [4.69, 9.17) is 4.42 Å². The van der Waals surface area contributed by atoms with E-state index in [-0.39, 0.29) is 0 Å². The molecular formula is C27H23NO3S. The van der Waals surface area contributed by atoms with Gasteiger partial charge in [-0.1, -0.05) is 42.5 Å². The Morgan fingerprint density at radius 1 is 0.875 bits per heavy atom. The monoisotopic (exact) mass is 441 g/mol. The van der Waals surface area contributed by atoms with E-state index in [0.29, 0.717) is 6.42 Å². The Kier molecular flexibility index (Phi) is 5.06. The van der Waals surface area contributed by atoms with Crippen molar-refractivity contribution < 1.29 is 12.8 Å². The normalized spacial score (nSPS) is 12.9. The zero-order valence-corrected chi connectivity index (χ0v) is 18.8. The molecular weight excluding hydrogens is 418 g/mol. The molecule has 5 rings (SSSR count). The molecule has 5 aromatic rings. The molecule has 5 heteroatoms. The summed E-state index contributed by atoms with van der Waals surface area (Å²) in [5, 5.41) is 1.61. The second-order valence-electron chi connectivity index (χ2n) is 8.29. The summed E-state index contributed by atoms with van der Waals surface area (Å²) in [5.41, 5.74) is 5.71. The standard InChI is InChI=1S/C27H23NO3S/c1-18(32(2,29)30)13-19-14-23-10-6-12-28-27(23)24(15-19)20-8-5-9-21(16-20)26-17-22-7-3-4-11-25(22)31-26/h3-12,14-18H,13H2,1-2H3. The summed E-state index contributed by atoms with van der Waals surface area (Å²) < 4.78 is 30.1. The van der Waals surface area contributed by atoms with Crippen molar-refractivity contribution in [2.45, 2.75) is 18.6 Å². The van der Waals surface area contributed by atoms with Crippen molar-refractivity contribution in [2.75, 3.05) is 6.26 Å². The van der Waals surface area contributed by atoms with E-state index in [2.05, 4.69) is 29.2 Å². The average Bonchev–Trinajstić information content (AvgIpc) is 3.22. The third kappa shape index (κ3) is 3.92. The molecule has 0 aliphatic rings. The fraction of sp³-hybridized carbons (Fsp3) is 0.148. The molecule has 2 aromatic heterocycles. The highest BCUT2D eigenvalue weighted by Gasteiger charge is 2.17. The van der Waals surface area contributed by atoms with Crippen molar-refractivity contribution in [1.82, 2.24) is 4.98 Å². The second-order valence-corrected chi connectivity index (χ2v) is 10.8. The van der Waals surface area contributed by atoms with Crippen molar-refractivity contribution in [2.24, 2.45) is 0 Å². The quantitative estimate of drug-likeness (QED) is 0.322. The van der Waals surface area contributed by atoms with E-state index >= 15 is 0 Å². The van der Waals surface area contributed by atoms with Crippen LogP contribution in [0.3, 0.4) is 0 Å². The van der Waals surface area contributed by atoms with Gasteiger partial charge in [-0.05, 0) is 60.9 Å². The van der Waals surface area contributed by atoms with Crippen molar-refractivity contribution in [3.63, 3.8) is 0 Å². The number of sulfone groups is 1. The lowest BCUT2D eigenvalue weighted by molar-refractivity contribution is 0.588. The van der Waals surface area contributed by atoms with Gasteiger partial charge in [-0.15, -0.1) is 0 Å². The topological polar surface area (TPSA) is 60.2 Å². The van der Waals surface area contributed by atoms with Gasteiger partial charge in [0.25, 0.3) is 0 Å². The number of benzene rings is 3. The Balaban J connectivity index is 1.63. The highest BCUT2D eigenvalue weighted by molar-refractivity contribution is 7.91. The number of rotatable bonds is 5. The van der Waals surface area contributed by atoms with Crippen LogP contribution in [0.1, 0.15) is 12.5 Å². The van der Waals surface area contributed by atoms with Crippen molar-refractivity contribution in [3.05, 3.63) is 90.6 Å². The number of nitrogens with zero attached hydrogens (tertiary/aromatic N) is 1. The molecule has 1 atom stereocenters.